The molecule has 0 bridgehead atoms. The monoisotopic (exact) mass is 534 g/mol. The lowest BCUT2D eigenvalue weighted by molar-refractivity contribution is -0.134. The number of carbonyl (C=O) groups is 4. The molecule has 1 unspecified atom stereocenters. The molecular weight excluding hydrogens is 508 g/mol. The maximum Gasteiger partial charge on any atom is 0.325 e. The number of amides is 4. The summed E-state index contributed by atoms with van der Waals surface area (Å²) in [4.78, 5) is 57.7. The predicted octanol–water partition coefficient (Wildman–Crippen LogP) is 3.91. The van der Waals surface area contributed by atoms with E-state index in [0.29, 0.717) is 30.3 Å². The lowest BCUT2D eigenvalue weighted by Crippen LogP contribution is -2.50. The third kappa shape index (κ3) is 4.84. The molecule has 3 atom stereocenters. The highest BCUT2D eigenvalue weighted by atomic mass is 32.1. The number of thiazole rings is 1. The average Bonchev–Trinajstić information content (AvgIpc) is 3.52. The Bertz CT molecular complexity index is 1390. The molecule has 2 aliphatic rings. The minimum absolute atomic E-state index is 0.146. The van der Waals surface area contributed by atoms with Crippen LogP contribution in [0.25, 0.3) is 0 Å². The van der Waals surface area contributed by atoms with E-state index >= 15 is 0 Å². The van der Waals surface area contributed by atoms with Gasteiger partial charge >= 0.3 is 6.03 Å². The number of fused-ring (bicyclic) bond motifs is 1. The number of ether oxygens (including phenoxy) is 2. The average molecular weight is 535 g/mol. The molecule has 5 rings (SSSR count). The van der Waals surface area contributed by atoms with Gasteiger partial charge in [-0.3, -0.25) is 14.4 Å². The third-order valence-corrected chi connectivity index (χ3v) is 7.32. The van der Waals surface area contributed by atoms with Gasteiger partial charge in [0.05, 0.1) is 0 Å². The molecule has 1 fully saturated rings. The Morgan fingerprint density at radius 1 is 1.13 bits per heavy atom. The van der Waals surface area contributed by atoms with Gasteiger partial charge in [0.15, 0.2) is 22.4 Å². The number of aromatic nitrogens is 1. The molecule has 2 aromatic carbocycles. The predicted molar refractivity (Wildman–Crippen MR) is 140 cm³/mol. The van der Waals surface area contributed by atoms with Crippen LogP contribution in [0.1, 0.15) is 53.8 Å². The van der Waals surface area contributed by atoms with Gasteiger partial charge in [0.2, 0.25) is 5.91 Å². The van der Waals surface area contributed by atoms with E-state index in [-0.39, 0.29) is 23.0 Å². The van der Waals surface area contributed by atoms with E-state index in [2.05, 4.69) is 15.6 Å². The summed E-state index contributed by atoms with van der Waals surface area (Å²) in [6, 6.07) is 11.4. The molecule has 0 saturated carbocycles. The van der Waals surface area contributed by atoms with Crippen molar-refractivity contribution in [3.05, 3.63) is 70.7 Å². The largest absolute Gasteiger partial charge is 0.486 e. The Balaban J connectivity index is 1.45. The zero-order chi connectivity index (χ0) is 26.8. The van der Waals surface area contributed by atoms with Crippen LogP contribution in [0.2, 0.25) is 0 Å². The van der Waals surface area contributed by atoms with Crippen LogP contribution in [0.3, 0.4) is 0 Å². The summed E-state index contributed by atoms with van der Waals surface area (Å²) in [5, 5.41) is 7.21. The Hall–Kier alpha value is -4.25. The number of imide groups is 1. The van der Waals surface area contributed by atoms with Crippen molar-refractivity contribution in [2.75, 3.05) is 18.5 Å². The summed E-state index contributed by atoms with van der Waals surface area (Å²) in [5.41, 5.74) is 1.55. The second kappa shape index (κ2) is 10.6. The molecule has 196 valence electrons. The molecule has 1 saturated heterocycles. The second-order valence-corrected chi connectivity index (χ2v) is 9.80. The Morgan fingerprint density at radius 3 is 2.61 bits per heavy atom. The van der Waals surface area contributed by atoms with Crippen molar-refractivity contribution in [1.82, 2.24) is 15.2 Å². The van der Waals surface area contributed by atoms with E-state index in [0.717, 1.165) is 21.8 Å². The maximum absolute atomic E-state index is 13.7. The third-order valence-electron chi connectivity index (χ3n) is 6.56. The number of rotatable bonds is 8. The lowest BCUT2D eigenvalue weighted by atomic mass is 9.91. The fourth-order valence-corrected chi connectivity index (χ4v) is 5.27. The molecule has 38 heavy (non-hydrogen) atoms. The summed E-state index contributed by atoms with van der Waals surface area (Å²) in [5.74, 6) is -0.780. The first kappa shape index (κ1) is 25.4. The highest BCUT2D eigenvalue weighted by molar-refractivity contribution is 7.14. The molecule has 2 N–H and O–H groups in total. The molecule has 1 aromatic heterocycles. The molecule has 10 nitrogen and oxygen atoms in total. The van der Waals surface area contributed by atoms with Crippen molar-refractivity contribution in [3.8, 4) is 11.5 Å². The first-order chi connectivity index (χ1) is 18.4. The first-order valence-corrected chi connectivity index (χ1v) is 13.1. The van der Waals surface area contributed by atoms with Gasteiger partial charge in [0.1, 0.15) is 31.0 Å². The number of anilines is 1. The molecule has 11 heteroatoms. The molecule has 4 amide bonds. The molecule has 0 spiro atoms. The van der Waals surface area contributed by atoms with Crippen molar-refractivity contribution < 1.29 is 28.7 Å². The Labute approximate surface area is 223 Å². The Kier molecular flexibility index (Phi) is 7.10. The van der Waals surface area contributed by atoms with Gasteiger partial charge in [-0.05, 0) is 23.3 Å². The van der Waals surface area contributed by atoms with E-state index in [9.17, 15) is 19.2 Å². The first-order valence-electron chi connectivity index (χ1n) is 12.2. The molecule has 3 aromatic rings. The molecular formula is C27H26N4O6S. The van der Waals surface area contributed by atoms with Gasteiger partial charge < -0.3 is 20.1 Å². The van der Waals surface area contributed by atoms with Crippen molar-refractivity contribution in [2.45, 2.75) is 38.3 Å². The van der Waals surface area contributed by atoms with Gasteiger partial charge in [-0.2, -0.15) is 0 Å². The fourth-order valence-electron chi connectivity index (χ4n) is 4.55. The van der Waals surface area contributed by atoms with E-state index in [1.807, 2.05) is 30.3 Å². The van der Waals surface area contributed by atoms with Crippen LogP contribution in [-0.4, -0.2) is 52.8 Å². The van der Waals surface area contributed by atoms with Crippen LogP contribution < -0.4 is 20.1 Å². The smallest absolute Gasteiger partial charge is 0.325 e. The minimum atomic E-state index is -1.18. The number of nitrogens with one attached hydrogen (secondary N) is 2. The van der Waals surface area contributed by atoms with Crippen LogP contribution in [0.15, 0.2) is 53.9 Å². The summed E-state index contributed by atoms with van der Waals surface area (Å²) < 4.78 is 11.2. The highest BCUT2D eigenvalue weighted by Crippen LogP contribution is 2.36. The van der Waals surface area contributed by atoms with E-state index in [4.69, 9.17) is 9.47 Å². The summed E-state index contributed by atoms with van der Waals surface area (Å²) in [7, 11) is 0. The lowest BCUT2D eigenvalue weighted by Gasteiger charge is -2.29. The summed E-state index contributed by atoms with van der Waals surface area (Å²) in [6.45, 7) is 4.33. The van der Waals surface area contributed by atoms with E-state index in [1.54, 1.807) is 37.4 Å². The minimum Gasteiger partial charge on any atom is -0.486 e. The van der Waals surface area contributed by atoms with Gasteiger partial charge in [0, 0.05) is 17.7 Å². The van der Waals surface area contributed by atoms with E-state index in [1.165, 1.54) is 0 Å². The number of Topliss-reactive ketones (excluding diaryl/α,β-unsaturated/α-hetero) is 1. The van der Waals surface area contributed by atoms with Crippen LogP contribution in [0.5, 0.6) is 11.5 Å². The van der Waals surface area contributed by atoms with Gasteiger partial charge in [-0.25, -0.2) is 14.7 Å². The number of hydrogen-bond donors (Lipinski definition) is 2. The zero-order valence-electron chi connectivity index (χ0n) is 20.8. The van der Waals surface area contributed by atoms with Gasteiger partial charge in [-0.1, -0.05) is 50.2 Å². The maximum atomic E-state index is 13.7. The van der Waals surface area contributed by atoms with Crippen molar-refractivity contribution in [2.24, 2.45) is 0 Å². The van der Waals surface area contributed by atoms with Crippen LogP contribution in [0.4, 0.5) is 9.93 Å². The van der Waals surface area contributed by atoms with Crippen LogP contribution in [-0.2, 0) is 9.59 Å². The molecule has 3 heterocycles. The number of nitrogens with zero attached hydrogens (tertiary/aromatic N) is 2. The number of carbonyl (C=O) groups excluding carboxylic acids is 4. The Morgan fingerprint density at radius 2 is 1.87 bits per heavy atom. The molecule has 2 aliphatic heterocycles. The number of benzene rings is 2. The highest BCUT2D eigenvalue weighted by Gasteiger charge is 2.47. The number of urea groups is 1. The SMILES string of the molecule is CCC(=O)c1csc(NC(=O)[C@H]([C@@H](C)c2ccccc2)N2C(=O)NC(c3ccc4c(c3)OCCO4)C2=O)n1. The van der Waals surface area contributed by atoms with Crippen molar-refractivity contribution in [1.29, 1.82) is 0 Å². The summed E-state index contributed by atoms with van der Waals surface area (Å²) >= 11 is 1.11. The topological polar surface area (TPSA) is 127 Å². The van der Waals surface area contributed by atoms with Crippen molar-refractivity contribution >= 4 is 40.1 Å². The summed E-state index contributed by atoms with van der Waals surface area (Å²) in [6.07, 6.45) is 0.286. The standard InChI is InChI=1S/C27H26N4O6S/c1-3-19(32)18-14-38-26(28-18)30-24(33)23(15(2)16-7-5-4-6-8-16)31-25(34)22(29-27(31)35)17-9-10-20-21(13-17)37-12-11-36-20/h4-10,13-15,22-23H,3,11-12H2,1-2H3,(H,29,35)(H,28,30,33)/t15-,22?,23-/m0/s1. The molecule has 0 aliphatic carbocycles. The normalized spacial score (nSPS) is 18.1. The van der Waals surface area contributed by atoms with Crippen molar-refractivity contribution in [3.63, 3.8) is 0 Å². The van der Waals surface area contributed by atoms with Gasteiger partial charge in [0.25, 0.3) is 5.91 Å². The quantitative estimate of drug-likeness (QED) is 0.331. The van der Waals surface area contributed by atoms with Gasteiger partial charge in [-0.15, -0.1) is 11.3 Å². The second-order valence-electron chi connectivity index (χ2n) is 8.94. The van der Waals surface area contributed by atoms with Crippen LogP contribution in [0, 0.1) is 0 Å². The van der Waals surface area contributed by atoms with E-state index < -0.39 is 35.8 Å². The number of hydrogen-bond acceptors (Lipinski definition) is 8. The van der Waals surface area contributed by atoms with Crippen LogP contribution >= 0.6 is 11.3 Å². The fraction of sp³-hybridized carbons (Fsp3) is 0.296. The number of ketones is 1. The molecule has 0 radical (unpaired) electrons. The zero-order valence-corrected chi connectivity index (χ0v) is 21.6.